The van der Waals surface area contributed by atoms with Crippen LogP contribution in [0.25, 0.3) is 0 Å². The summed E-state index contributed by atoms with van der Waals surface area (Å²) in [6.07, 6.45) is 6.99. The molecule has 1 aliphatic rings. The van der Waals surface area contributed by atoms with E-state index in [-0.39, 0.29) is 11.9 Å². The molecule has 0 radical (unpaired) electrons. The fourth-order valence-corrected chi connectivity index (χ4v) is 3.31. The van der Waals surface area contributed by atoms with E-state index >= 15 is 0 Å². The number of aromatic nitrogens is 1. The lowest BCUT2D eigenvalue weighted by molar-refractivity contribution is 0.0924. The Morgan fingerprint density at radius 3 is 2.44 bits per heavy atom. The summed E-state index contributed by atoms with van der Waals surface area (Å²) in [7, 11) is 1.67. The van der Waals surface area contributed by atoms with Crippen LogP contribution in [-0.4, -0.2) is 42.5 Å². The monoisotopic (exact) mass is 339 g/mol. The van der Waals surface area contributed by atoms with Gasteiger partial charge in [-0.15, -0.1) is 0 Å². The second kappa shape index (κ2) is 8.62. The number of nitrogens with zero attached hydrogens (tertiary/aromatic N) is 2. The Kier molecular flexibility index (Phi) is 6.01. The van der Waals surface area contributed by atoms with Gasteiger partial charge in [-0.25, -0.2) is 0 Å². The van der Waals surface area contributed by atoms with Gasteiger partial charge in [0.15, 0.2) is 0 Å². The second-order valence-corrected chi connectivity index (χ2v) is 6.33. The third-order valence-corrected chi connectivity index (χ3v) is 4.73. The van der Waals surface area contributed by atoms with Crippen LogP contribution in [-0.2, 0) is 0 Å². The lowest BCUT2D eigenvalue weighted by Crippen LogP contribution is -2.40. The highest BCUT2D eigenvalue weighted by Gasteiger charge is 2.23. The second-order valence-electron chi connectivity index (χ2n) is 6.33. The molecule has 1 atom stereocenters. The number of ether oxygens (including phenoxy) is 1. The molecule has 1 fully saturated rings. The first kappa shape index (κ1) is 17.4. The van der Waals surface area contributed by atoms with E-state index in [9.17, 15) is 4.79 Å². The Balaban J connectivity index is 1.72. The van der Waals surface area contributed by atoms with E-state index in [0.717, 1.165) is 18.8 Å². The van der Waals surface area contributed by atoms with E-state index in [1.54, 1.807) is 31.6 Å². The van der Waals surface area contributed by atoms with E-state index in [4.69, 9.17) is 4.74 Å². The predicted octanol–water partition coefficient (Wildman–Crippen LogP) is 3.05. The molecule has 0 bridgehead atoms. The summed E-state index contributed by atoms with van der Waals surface area (Å²) < 4.78 is 5.26. The lowest BCUT2D eigenvalue weighted by Gasteiger charge is -2.35. The van der Waals surface area contributed by atoms with Gasteiger partial charge in [0.05, 0.1) is 13.2 Å². The molecule has 1 N–H and O–H groups in total. The molecular formula is C20H25N3O2. The molecule has 2 aromatic rings. The van der Waals surface area contributed by atoms with Gasteiger partial charge in [-0.05, 0) is 55.8 Å². The summed E-state index contributed by atoms with van der Waals surface area (Å²) in [5.41, 5.74) is 1.85. The number of benzene rings is 1. The highest BCUT2D eigenvalue weighted by Crippen LogP contribution is 2.26. The summed E-state index contributed by atoms with van der Waals surface area (Å²) in [4.78, 5) is 18.8. The number of pyridine rings is 1. The third kappa shape index (κ3) is 4.57. The van der Waals surface area contributed by atoms with E-state index in [0.29, 0.717) is 12.1 Å². The van der Waals surface area contributed by atoms with Gasteiger partial charge in [0, 0.05) is 24.5 Å². The van der Waals surface area contributed by atoms with Gasteiger partial charge >= 0.3 is 0 Å². The molecule has 1 aromatic heterocycles. The molecule has 25 heavy (non-hydrogen) atoms. The molecule has 1 amide bonds. The molecule has 1 aliphatic heterocycles. The average Bonchev–Trinajstić information content (AvgIpc) is 2.70. The van der Waals surface area contributed by atoms with Gasteiger partial charge in [-0.3, -0.25) is 14.7 Å². The molecule has 1 aromatic carbocycles. The van der Waals surface area contributed by atoms with Gasteiger partial charge in [0.2, 0.25) is 0 Å². The standard InChI is InChI=1S/C20H25N3O2/c1-25-18-7-5-16(6-8-18)19(23-13-3-2-4-14-23)15-22-20(24)17-9-11-21-12-10-17/h5-12,19H,2-4,13-15H2,1H3,(H,22,24). The van der Waals surface area contributed by atoms with Crippen LogP contribution in [0.1, 0.15) is 41.2 Å². The van der Waals surface area contributed by atoms with Crippen molar-refractivity contribution in [1.29, 1.82) is 0 Å². The van der Waals surface area contributed by atoms with Crippen molar-refractivity contribution in [3.63, 3.8) is 0 Å². The van der Waals surface area contributed by atoms with Crippen LogP contribution in [0.3, 0.4) is 0 Å². The third-order valence-electron chi connectivity index (χ3n) is 4.73. The Bertz CT molecular complexity index is 667. The van der Waals surface area contributed by atoms with Gasteiger partial charge in [0.1, 0.15) is 5.75 Å². The van der Waals surface area contributed by atoms with Crippen molar-refractivity contribution in [1.82, 2.24) is 15.2 Å². The highest BCUT2D eigenvalue weighted by atomic mass is 16.5. The number of amides is 1. The molecule has 0 saturated carbocycles. The summed E-state index contributed by atoms with van der Waals surface area (Å²) >= 11 is 0. The molecule has 2 heterocycles. The first-order valence-corrected chi connectivity index (χ1v) is 8.84. The van der Waals surface area contributed by atoms with Crippen molar-refractivity contribution in [3.8, 4) is 5.75 Å². The van der Waals surface area contributed by atoms with Gasteiger partial charge in [-0.2, -0.15) is 0 Å². The number of methoxy groups -OCH3 is 1. The smallest absolute Gasteiger partial charge is 0.251 e. The maximum absolute atomic E-state index is 12.4. The minimum absolute atomic E-state index is 0.0575. The van der Waals surface area contributed by atoms with Crippen LogP contribution in [0.5, 0.6) is 5.75 Å². The maximum Gasteiger partial charge on any atom is 0.251 e. The number of piperidine rings is 1. The van der Waals surface area contributed by atoms with E-state index in [2.05, 4.69) is 27.3 Å². The van der Waals surface area contributed by atoms with Crippen LogP contribution < -0.4 is 10.1 Å². The van der Waals surface area contributed by atoms with Crippen molar-refractivity contribution in [3.05, 3.63) is 59.9 Å². The molecule has 1 saturated heterocycles. The van der Waals surface area contributed by atoms with Crippen molar-refractivity contribution in [2.75, 3.05) is 26.7 Å². The van der Waals surface area contributed by atoms with Crippen molar-refractivity contribution < 1.29 is 9.53 Å². The maximum atomic E-state index is 12.4. The van der Waals surface area contributed by atoms with Crippen LogP contribution in [0, 0.1) is 0 Å². The van der Waals surface area contributed by atoms with Crippen molar-refractivity contribution in [2.24, 2.45) is 0 Å². The minimum atomic E-state index is -0.0575. The van der Waals surface area contributed by atoms with E-state index in [1.165, 1.54) is 24.8 Å². The summed E-state index contributed by atoms with van der Waals surface area (Å²) in [5.74, 6) is 0.792. The predicted molar refractivity (Wildman–Crippen MR) is 97.7 cm³/mol. The zero-order valence-corrected chi connectivity index (χ0v) is 14.6. The summed E-state index contributed by atoms with van der Waals surface area (Å²) in [5, 5.41) is 3.08. The van der Waals surface area contributed by atoms with Crippen LogP contribution in [0.4, 0.5) is 0 Å². The fourth-order valence-electron chi connectivity index (χ4n) is 3.31. The topological polar surface area (TPSA) is 54.5 Å². The highest BCUT2D eigenvalue weighted by molar-refractivity contribution is 5.93. The number of likely N-dealkylation sites (tertiary alicyclic amines) is 1. The quantitative estimate of drug-likeness (QED) is 0.879. The number of carbonyl (C=O) groups excluding carboxylic acids is 1. The molecule has 5 heteroatoms. The Morgan fingerprint density at radius 2 is 1.80 bits per heavy atom. The Hall–Kier alpha value is -2.40. The van der Waals surface area contributed by atoms with Crippen molar-refractivity contribution in [2.45, 2.75) is 25.3 Å². The Morgan fingerprint density at radius 1 is 1.12 bits per heavy atom. The Labute approximate surface area is 149 Å². The number of rotatable bonds is 6. The van der Waals surface area contributed by atoms with E-state index < -0.39 is 0 Å². The first-order chi connectivity index (χ1) is 12.3. The normalized spacial score (nSPS) is 16.2. The zero-order valence-electron chi connectivity index (χ0n) is 14.6. The first-order valence-electron chi connectivity index (χ1n) is 8.84. The van der Waals surface area contributed by atoms with Gasteiger partial charge in [0.25, 0.3) is 5.91 Å². The number of hydrogen-bond donors (Lipinski definition) is 1. The van der Waals surface area contributed by atoms with Gasteiger partial charge < -0.3 is 10.1 Å². The molecular weight excluding hydrogens is 314 g/mol. The van der Waals surface area contributed by atoms with Crippen molar-refractivity contribution >= 4 is 5.91 Å². The van der Waals surface area contributed by atoms with E-state index in [1.807, 2.05) is 12.1 Å². The molecule has 5 nitrogen and oxygen atoms in total. The molecule has 0 spiro atoms. The SMILES string of the molecule is COc1ccc(C(CNC(=O)c2ccncc2)N2CCCCC2)cc1. The van der Waals surface area contributed by atoms with Gasteiger partial charge in [-0.1, -0.05) is 18.6 Å². The fraction of sp³-hybridized carbons (Fsp3) is 0.400. The van der Waals surface area contributed by atoms with Crippen LogP contribution in [0.2, 0.25) is 0 Å². The average molecular weight is 339 g/mol. The van der Waals surface area contributed by atoms with Crippen LogP contribution in [0.15, 0.2) is 48.8 Å². The minimum Gasteiger partial charge on any atom is -0.497 e. The number of nitrogens with one attached hydrogen (secondary N) is 1. The van der Waals surface area contributed by atoms with Crippen LogP contribution >= 0.6 is 0 Å². The largest absolute Gasteiger partial charge is 0.497 e. The number of hydrogen-bond acceptors (Lipinski definition) is 4. The molecule has 3 rings (SSSR count). The molecule has 132 valence electrons. The number of carbonyl (C=O) groups is 1. The molecule has 0 aliphatic carbocycles. The molecule has 1 unspecified atom stereocenters. The lowest BCUT2D eigenvalue weighted by atomic mass is 10.0. The summed E-state index contributed by atoms with van der Waals surface area (Å²) in [6.45, 7) is 2.73. The summed E-state index contributed by atoms with van der Waals surface area (Å²) in [6, 6.07) is 11.8. The zero-order chi connectivity index (χ0) is 17.5.